The Labute approximate surface area is 162 Å². The Balaban J connectivity index is 0. The van der Waals surface area contributed by atoms with E-state index in [0.717, 1.165) is 0 Å². The van der Waals surface area contributed by atoms with E-state index in [0.29, 0.717) is 0 Å². The van der Waals surface area contributed by atoms with Gasteiger partial charge < -0.3 is 24.8 Å². The molecule has 0 unspecified atom stereocenters. The third-order valence-electron chi connectivity index (χ3n) is 4.22. The van der Waals surface area contributed by atoms with Crippen molar-refractivity contribution >= 4 is 0 Å². The maximum absolute atomic E-state index is 3.58. The Kier molecular flexibility index (Phi) is 19.7. The minimum atomic E-state index is 0. The molecule has 1 aliphatic heterocycles. The van der Waals surface area contributed by atoms with Crippen molar-refractivity contribution in [1.29, 1.82) is 0 Å². The molecule has 0 aliphatic carbocycles. The fourth-order valence-electron chi connectivity index (χ4n) is 2.81. The van der Waals surface area contributed by atoms with E-state index in [-0.39, 0.29) is 24.8 Å². The molecule has 0 bridgehead atoms. The summed E-state index contributed by atoms with van der Waals surface area (Å²) in [6.07, 6.45) is 12.3. The molecule has 1 aliphatic rings. The number of halogens is 2. The van der Waals surface area contributed by atoms with Crippen LogP contribution in [-0.2, 0) is 20.7 Å². The molecule has 0 aromatic rings. The third-order valence-corrected chi connectivity index (χ3v) is 4.92. The quantitative estimate of drug-likeness (QED) is 0.423. The van der Waals surface area contributed by atoms with Crippen molar-refractivity contribution in [3.8, 4) is 0 Å². The van der Waals surface area contributed by atoms with Crippen LogP contribution < -0.4 is 35.4 Å². The molecule has 0 atom stereocenters. The van der Waals surface area contributed by atoms with Gasteiger partial charge in [0, 0.05) is 0 Å². The van der Waals surface area contributed by atoms with Gasteiger partial charge in [0.2, 0.25) is 0 Å². The zero-order valence-corrected chi connectivity index (χ0v) is 17.4. The Morgan fingerprint density at radius 3 is 1.27 bits per heavy atom. The van der Waals surface area contributed by atoms with E-state index in [2.05, 4.69) is 38.4 Å². The molecular weight excluding hydrogens is 353 g/mol. The van der Waals surface area contributed by atoms with E-state index >= 15 is 0 Å². The van der Waals surface area contributed by atoms with Crippen LogP contribution in [0.4, 0.5) is 0 Å². The van der Waals surface area contributed by atoms with Crippen LogP contribution in [0.1, 0.15) is 57.8 Å². The van der Waals surface area contributed by atoms with Crippen LogP contribution in [0.3, 0.4) is 0 Å². The minimum Gasteiger partial charge on any atom is -1.00 e. The summed E-state index contributed by atoms with van der Waals surface area (Å²) < 4.78 is 1.21. The van der Waals surface area contributed by atoms with Crippen LogP contribution in [0.25, 0.3) is 0 Å². The van der Waals surface area contributed by atoms with Crippen LogP contribution in [-0.4, -0.2) is 49.3 Å². The summed E-state index contributed by atoms with van der Waals surface area (Å²) in [5, 5.41) is 7.17. The SMILES string of the molecule is C[N+]1([Ti])CCCCCNCCCCCNCCCCC1.[Cl-].[Cl-]. The molecule has 0 aromatic heterocycles. The number of rotatable bonds is 0. The second-order valence-electron chi connectivity index (χ2n) is 6.53. The van der Waals surface area contributed by atoms with Crippen LogP contribution >= 0.6 is 0 Å². The van der Waals surface area contributed by atoms with Crippen molar-refractivity contribution in [1.82, 2.24) is 10.6 Å². The van der Waals surface area contributed by atoms with Gasteiger partial charge in [-0.1, -0.05) is 0 Å². The number of nitrogens with zero attached hydrogens (tertiary/aromatic N) is 1. The summed E-state index contributed by atoms with van der Waals surface area (Å²) in [6.45, 7) is 7.54. The van der Waals surface area contributed by atoms with Crippen molar-refractivity contribution in [2.45, 2.75) is 57.8 Å². The molecule has 0 aromatic carbocycles. The first-order valence-electron chi connectivity index (χ1n) is 8.72. The van der Waals surface area contributed by atoms with Gasteiger partial charge in [-0.15, -0.1) is 0 Å². The van der Waals surface area contributed by atoms with Crippen LogP contribution in [0.2, 0.25) is 0 Å². The Hall–Kier alpha value is 1.17. The van der Waals surface area contributed by atoms with E-state index in [1.54, 1.807) is 0 Å². The molecule has 133 valence electrons. The van der Waals surface area contributed by atoms with E-state index < -0.39 is 0 Å². The van der Waals surface area contributed by atoms with Gasteiger partial charge in [0.1, 0.15) is 0 Å². The van der Waals surface area contributed by atoms with Crippen molar-refractivity contribution in [3.05, 3.63) is 0 Å². The number of hydrogen-bond acceptors (Lipinski definition) is 2. The molecule has 2 N–H and O–H groups in total. The normalized spacial score (nSPS) is 23.1. The minimum absolute atomic E-state index is 0. The van der Waals surface area contributed by atoms with Gasteiger partial charge in [0.25, 0.3) is 0 Å². The molecule has 0 amide bonds. The van der Waals surface area contributed by atoms with Crippen molar-refractivity contribution in [2.24, 2.45) is 0 Å². The molecule has 1 heterocycles. The zero-order valence-electron chi connectivity index (χ0n) is 14.3. The molecule has 3 nitrogen and oxygen atoms in total. The van der Waals surface area contributed by atoms with Gasteiger partial charge >= 0.3 is 138 Å². The van der Waals surface area contributed by atoms with Crippen molar-refractivity contribution in [2.75, 3.05) is 46.3 Å². The largest absolute Gasteiger partial charge is 1.00 e. The first kappa shape index (κ1) is 25.4. The van der Waals surface area contributed by atoms with Gasteiger partial charge in [-0.2, -0.15) is 0 Å². The number of hydrogen-bond donors (Lipinski definition) is 2. The smallest absolute Gasteiger partial charge is 1.00 e. The molecule has 1 fully saturated rings. The average Bonchev–Trinajstić information content (AvgIpc) is 2.41. The second kappa shape index (κ2) is 17.0. The second-order valence-corrected chi connectivity index (χ2v) is 8.21. The topological polar surface area (TPSA) is 24.1 Å². The summed E-state index contributed by atoms with van der Waals surface area (Å²) in [5.74, 6) is 0. The fourth-order valence-corrected chi connectivity index (χ4v) is 3.31. The first-order valence-corrected chi connectivity index (χ1v) is 9.42. The number of quaternary nitrogens is 1. The summed E-state index contributed by atoms with van der Waals surface area (Å²) in [6, 6.07) is 0. The third kappa shape index (κ3) is 16.0. The monoisotopic (exact) mass is 387 g/mol. The summed E-state index contributed by atoms with van der Waals surface area (Å²) in [7, 11) is 2.40. The molecule has 0 saturated carbocycles. The Bertz CT molecular complexity index is 211. The van der Waals surface area contributed by atoms with Gasteiger partial charge in [-0.3, -0.25) is 0 Å². The summed E-state index contributed by atoms with van der Waals surface area (Å²) in [5.41, 5.74) is 0. The van der Waals surface area contributed by atoms with Gasteiger partial charge in [-0.05, 0) is 0 Å². The van der Waals surface area contributed by atoms with Crippen molar-refractivity contribution in [3.63, 3.8) is 0 Å². The first-order chi connectivity index (χ1) is 9.71. The predicted molar refractivity (Wildman–Crippen MR) is 83.2 cm³/mol. The van der Waals surface area contributed by atoms with Gasteiger partial charge in [0.05, 0.1) is 0 Å². The average molecular weight is 388 g/mol. The van der Waals surface area contributed by atoms with Gasteiger partial charge in [0.15, 0.2) is 0 Å². The summed E-state index contributed by atoms with van der Waals surface area (Å²) >= 11 is 2.40. The van der Waals surface area contributed by atoms with E-state index in [1.165, 1.54) is 100 Å². The molecule has 22 heavy (non-hydrogen) atoms. The Morgan fingerprint density at radius 2 is 0.909 bits per heavy atom. The Morgan fingerprint density at radius 1 is 0.591 bits per heavy atom. The van der Waals surface area contributed by atoms with Crippen LogP contribution in [0.5, 0.6) is 0 Å². The maximum atomic E-state index is 3.58. The summed E-state index contributed by atoms with van der Waals surface area (Å²) in [4.78, 5) is 0. The predicted octanol–water partition coefficient (Wildman–Crippen LogP) is -3.39. The molecular formula is C16H35Cl2N3Ti-. The van der Waals surface area contributed by atoms with Crippen LogP contribution in [0, 0.1) is 0 Å². The molecule has 0 radical (unpaired) electrons. The number of nitrogens with one attached hydrogen (secondary N) is 2. The maximum Gasteiger partial charge on any atom is -1.00 e. The standard InChI is InChI=1S/C16H35N3.2ClH.Ti/c1-19-15-9-3-7-13-17-11-5-2-6-12-18-14-8-4-10-16-19;;;/h17-18H,2-16H2,1H3;2*1H;/q;;;+1/p-2. The fraction of sp³-hybridized carbons (Fsp3) is 1.00. The van der Waals surface area contributed by atoms with E-state index in [9.17, 15) is 0 Å². The molecule has 1 saturated heterocycles. The van der Waals surface area contributed by atoms with Crippen molar-refractivity contribution < 1.29 is 48.5 Å². The van der Waals surface area contributed by atoms with E-state index in [1.807, 2.05) is 0 Å². The molecule has 6 heteroatoms. The zero-order chi connectivity index (χ0) is 14.5. The van der Waals surface area contributed by atoms with Crippen LogP contribution in [0.15, 0.2) is 0 Å². The van der Waals surface area contributed by atoms with Gasteiger partial charge in [-0.25, -0.2) is 0 Å². The van der Waals surface area contributed by atoms with E-state index in [4.69, 9.17) is 0 Å². The molecule has 1 rings (SSSR count). The molecule has 0 spiro atoms.